The van der Waals surface area contributed by atoms with Crippen LogP contribution in [0.3, 0.4) is 0 Å². The van der Waals surface area contributed by atoms with Crippen molar-refractivity contribution in [1.29, 1.82) is 0 Å². The smallest absolute Gasteiger partial charge is 0.254 e. The molecule has 5 rings (SSSR count). The summed E-state index contributed by atoms with van der Waals surface area (Å²) in [5.41, 5.74) is 3.73. The highest BCUT2D eigenvalue weighted by Crippen LogP contribution is 2.27. The molecule has 1 unspecified atom stereocenters. The molecular formula is C26H29N3O3. The number of pyridine rings is 1. The van der Waals surface area contributed by atoms with Crippen molar-refractivity contribution in [2.24, 2.45) is 0 Å². The first-order valence-electron chi connectivity index (χ1n) is 11.4. The van der Waals surface area contributed by atoms with Crippen molar-refractivity contribution in [3.05, 3.63) is 77.5 Å². The van der Waals surface area contributed by atoms with E-state index in [0.717, 1.165) is 42.7 Å². The lowest BCUT2D eigenvalue weighted by Gasteiger charge is -2.33. The van der Waals surface area contributed by atoms with Crippen LogP contribution in [0.4, 0.5) is 0 Å². The summed E-state index contributed by atoms with van der Waals surface area (Å²) in [5, 5.41) is 0.893. The zero-order valence-corrected chi connectivity index (χ0v) is 18.3. The Hall–Kier alpha value is -2.80. The molecule has 0 N–H and O–H groups in total. The van der Waals surface area contributed by atoms with Gasteiger partial charge in [-0.3, -0.25) is 9.69 Å². The molecule has 6 heteroatoms. The van der Waals surface area contributed by atoms with Crippen LogP contribution in [-0.2, 0) is 15.9 Å². The second-order valence-corrected chi connectivity index (χ2v) is 8.41. The molecule has 3 heterocycles. The minimum absolute atomic E-state index is 0.0462. The van der Waals surface area contributed by atoms with Crippen LogP contribution in [0.5, 0.6) is 0 Å². The molecule has 2 saturated heterocycles. The van der Waals surface area contributed by atoms with Crippen LogP contribution in [0.25, 0.3) is 10.9 Å². The summed E-state index contributed by atoms with van der Waals surface area (Å²) in [4.78, 5) is 22.6. The van der Waals surface area contributed by atoms with Gasteiger partial charge in [-0.2, -0.15) is 0 Å². The number of nitrogens with zero attached hydrogens (tertiary/aromatic N) is 3. The van der Waals surface area contributed by atoms with E-state index in [1.54, 1.807) is 0 Å². The summed E-state index contributed by atoms with van der Waals surface area (Å²) < 4.78 is 11.6. The number of hydrogen-bond donors (Lipinski definition) is 0. The summed E-state index contributed by atoms with van der Waals surface area (Å²) >= 11 is 0. The first-order chi connectivity index (χ1) is 15.8. The fourth-order valence-electron chi connectivity index (χ4n) is 4.49. The zero-order chi connectivity index (χ0) is 21.8. The molecule has 0 radical (unpaired) electrons. The average Bonchev–Trinajstić information content (AvgIpc) is 2.88. The molecule has 166 valence electrons. The first kappa shape index (κ1) is 21.1. The van der Waals surface area contributed by atoms with Crippen LogP contribution < -0.4 is 0 Å². The zero-order valence-electron chi connectivity index (χ0n) is 18.3. The summed E-state index contributed by atoms with van der Waals surface area (Å²) in [7, 11) is 0. The van der Waals surface area contributed by atoms with Crippen LogP contribution in [0.1, 0.15) is 27.7 Å². The molecule has 1 amide bonds. The number of benzene rings is 2. The van der Waals surface area contributed by atoms with Crippen molar-refractivity contribution in [3.63, 3.8) is 0 Å². The fraction of sp³-hybridized carbons (Fsp3) is 0.385. The Morgan fingerprint density at radius 2 is 1.75 bits per heavy atom. The minimum atomic E-state index is -0.139. The van der Waals surface area contributed by atoms with Gasteiger partial charge in [0.1, 0.15) is 6.10 Å². The number of ether oxygens (including phenoxy) is 2. The van der Waals surface area contributed by atoms with Crippen molar-refractivity contribution < 1.29 is 14.3 Å². The highest BCUT2D eigenvalue weighted by molar-refractivity contribution is 6.06. The first-order valence-corrected chi connectivity index (χ1v) is 11.4. The van der Waals surface area contributed by atoms with Crippen LogP contribution in [0.15, 0.2) is 60.7 Å². The number of carbonyl (C=O) groups excluding carboxylic acids is 1. The van der Waals surface area contributed by atoms with Gasteiger partial charge >= 0.3 is 0 Å². The lowest BCUT2D eigenvalue weighted by Crippen LogP contribution is -2.41. The van der Waals surface area contributed by atoms with Gasteiger partial charge in [-0.05, 0) is 24.1 Å². The van der Waals surface area contributed by atoms with E-state index in [2.05, 4.69) is 35.2 Å². The number of hydrogen-bond acceptors (Lipinski definition) is 5. The lowest BCUT2D eigenvalue weighted by atomic mass is 10.0. The van der Waals surface area contributed by atoms with Crippen molar-refractivity contribution in [2.45, 2.75) is 12.5 Å². The van der Waals surface area contributed by atoms with Gasteiger partial charge in [-0.25, -0.2) is 4.98 Å². The van der Waals surface area contributed by atoms with Gasteiger partial charge in [0.2, 0.25) is 0 Å². The van der Waals surface area contributed by atoms with Crippen molar-refractivity contribution in [1.82, 2.24) is 14.8 Å². The van der Waals surface area contributed by atoms with E-state index in [9.17, 15) is 4.79 Å². The molecule has 2 aliphatic heterocycles. The molecular weight excluding hydrogens is 402 g/mol. The van der Waals surface area contributed by atoms with Crippen LogP contribution in [-0.4, -0.2) is 73.2 Å². The standard InChI is InChI=1S/C26H29N3O3/c30-26(29-13-15-31-16-14-29)22-18-24(27-23-9-5-4-8-21(22)23)25-19-28(12-17-32-25)11-10-20-6-2-1-3-7-20/h1-9,18,25H,10-17,19H2. The van der Waals surface area contributed by atoms with Gasteiger partial charge in [0, 0.05) is 38.1 Å². The van der Waals surface area contributed by atoms with E-state index >= 15 is 0 Å². The monoisotopic (exact) mass is 431 g/mol. The topological polar surface area (TPSA) is 54.9 Å². The maximum Gasteiger partial charge on any atom is 0.254 e. The maximum atomic E-state index is 13.4. The maximum absolute atomic E-state index is 13.4. The quantitative estimate of drug-likeness (QED) is 0.620. The number of para-hydroxylation sites is 1. The van der Waals surface area contributed by atoms with E-state index in [-0.39, 0.29) is 12.0 Å². The van der Waals surface area contributed by atoms with Crippen LogP contribution in [0, 0.1) is 0 Å². The van der Waals surface area contributed by atoms with Gasteiger partial charge in [0.25, 0.3) is 5.91 Å². The lowest BCUT2D eigenvalue weighted by molar-refractivity contribution is -0.0315. The van der Waals surface area contributed by atoms with E-state index in [1.165, 1.54) is 5.56 Å². The third kappa shape index (κ3) is 4.67. The van der Waals surface area contributed by atoms with Gasteiger partial charge in [0.05, 0.1) is 36.6 Å². The van der Waals surface area contributed by atoms with E-state index < -0.39 is 0 Å². The molecule has 6 nitrogen and oxygen atoms in total. The Bertz CT molecular complexity index is 1070. The predicted octanol–water partition coefficient (Wildman–Crippen LogP) is 3.32. The van der Waals surface area contributed by atoms with Gasteiger partial charge in [-0.1, -0.05) is 48.5 Å². The molecule has 0 saturated carbocycles. The molecule has 2 aromatic carbocycles. The molecule has 2 aliphatic rings. The molecule has 0 spiro atoms. The van der Waals surface area contributed by atoms with Gasteiger partial charge in [0.15, 0.2) is 0 Å². The number of morpholine rings is 2. The highest BCUT2D eigenvalue weighted by atomic mass is 16.5. The summed E-state index contributed by atoms with van der Waals surface area (Å²) in [6.45, 7) is 5.76. The van der Waals surface area contributed by atoms with Crippen LogP contribution in [0.2, 0.25) is 0 Å². The molecule has 0 bridgehead atoms. The number of aromatic nitrogens is 1. The van der Waals surface area contributed by atoms with E-state index in [4.69, 9.17) is 14.5 Å². The second-order valence-electron chi connectivity index (χ2n) is 8.41. The minimum Gasteiger partial charge on any atom is -0.378 e. The molecule has 1 atom stereocenters. The van der Waals surface area contributed by atoms with Crippen LogP contribution >= 0.6 is 0 Å². The molecule has 2 fully saturated rings. The normalized spacial score (nSPS) is 19.9. The summed E-state index contributed by atoms with van der Waals surface area (Å²) in [6.07, 6.45) is 0.875. The number of amides is 1. The number of rotatable bonds is 5. The van der Waals surface area contributed by atoms with Crippen molar-refractivity contribution >= 4 is 16.8 Å². The highest BCUT2D eigenvalue weighted by Gasteiger charge is 2.27. The average molecular weight is 432 g/mol. The van der Waals surface area contributed by atoms with Gasteiger partial charge in [-0.15, -0.1) is 0 Å². The Balaban J connectivity index is 1.37. The SMILES string of the molecule is O=C(c1cc(C2CN(CCc3ccccc3)CCO2)nc2ccccc12)N1CCOCC1. The predicted molar refractivity (Wildman–Crippen MR) is 124 cm³/mol. The van der Waals surface area contributed by atoms with Gasteiger partial charge < -0.3 is 14.4 Å². The fourth-order valence-corrected chi connectivity index (χ4v) is 4.49. The molecule has 1 aromatic heterocycles. The Kier molecular flexibility index (Phi) is 6.44. The largest absolute Gasteiger partial charge is 0.378 e. The van der Waals surface area contributed by atoms with E-state index in [0.29, 0.717) is 38.5 Å². The Morgan fingerprint density at radius 3 is 2.59 bits per heavy atom. The Labute approximate surface area is 188 Å². The third-order valence-electron chi connectivity index (χ3n) is 6.30. The number of carbonyl (C=O) groups is 1. The second kappa shape index (κ2) is 9.77. The molecule has 3 aromatic rings. The molecule has 32 heavy (non-hydrogen) atoms. The third-order valence-corrected chi connectivity index (χ3v) is 6.30. The Morgan fingerprint density at radius 1 is 0.969 bits per heavy atom. The van der Waals surface area contributed by atoms with E-state index in [1.807, 2.05) is 35.2 Å². The summed E-state index contributed by atoms with van der Waals surface area (Å²) in [6, 6.07) is 20.4. The summed E-state index contributed by atoms with van der Waals surface area (Å²) in [5.74, 6) is 0.0462. The van der Waals surface area contributed by atoms with Crippen molar-refractivity contribution in [2.75, 3.05) is 52.5 Å². The van der Waals surface area contributed by atoms with Crippen molar-refractivity contribution in [3.8, 4) is 0 Å². The molecule has 0 aliphatic carbocycles. The number of fused-ring (bicyclic) bond motifs is 1.